The van der Waals surface area contributed by atoms with Crippen LogP contribution in [-0.2, 0) is 5.41 Å². The van der Waals surface area contributed by atoms with Crippen LogP contribution in [0.5, 0.6) is 0 Å². The van der Waals surface area contributed by atoms with Crippen LogP contribution in [0.1, 0.15) is 22.3 Å². The van der Waals surface area contributed by atoms with Gasteiger partial charge >= 0.3 is 0 Å². The Morgan fingerprint density at radius 3 is 1.65 bits per heavy atom. The van der Waals surface area contributed by atoms with E-state index >= 15 is 0 Å². The van der Waals surface area contributed by atoms with Gasteiger partial charge in [0.2, 0.25) is 5.89 Å². The van der Waals surface area contributed by atoms with Gasteiger partial charge in [0.05, 0.1) is 10.8 Å². The van der Waals surface area contributed by atoms with Crippen molar-refractivity contribution in [2.75, 3.05) is 0 Å². The predicted octanol–water partition coefficient (Wildman–Crippen LogP) is 14.1. The Balaban J connectivity index is 1.04. The van der Waals surface area contributed by atoms with E-state index in [1.54, 1.807) is 0 Å². The minimum Gasteiger partial charge on any atom is -0.456 e. The standard InChI is InChI=1S/C57H34N4O2/c1-5-16-35(17-6-1)53-59-54(37-28-29-42-41-24-13-14-27-45(41)57(46(42)34-37,38-20-9-3-10-21-38)39-22-11-4-12-23-39)61-55(60-53)44-26-15-25-43-40(44)30-31-47-50(43)51-48(62-47)32-33-49-52(51)58-56(63-49)36-18-7-2-8-19-36/h1-34H. The third-order valence-corrected chi connectivity index (χ3v) is 12.7. The van der Waals surface area contributed by atoms with Gasteiger partial charge < -0.3 is 8.83 Å². The molecule has 6 nitrogen and oxygen atoms in total. The van der Waals surface area contributed by atoms with Crippen LogP contribution in [-0.4, -0.2) is 19.9 Å². The van der Waals surface area contributed by atoms with E-state index in [-0.39, 0.29) is 0 Å². The summed E-state index contributed by atoms with van der Waals surface area (Å²) in [7, 11) is 0. The zero-order valence-corrected chi connectivity index (χ0v) is 33.7. The van der Waals surface area contributed by atoms with E-state index in [2.05, 4.69) is 140 Å². The van der Waals surface area contributed by atoms with Crippen LogP contribution in [0, 0.1) is 0 Å². The summed E-state index contributed by atoms with van der Waals surface area (Å²) < 4.78 is 12.8. The zero-order valence-electron chi connectivity index (χ0n) is 33.7. The van der Waals surface area contributed by atoms with Gasteiger partial charge in [0.15, 0.2) is 23.1 Å². The highest BCUT2D eigenvalue weighted by Crippen LogP contribution is 2.56. The van der Waals surface area contributed by atoms with Crippen LogP contribution in [0.3, 0.4) is 0 Å². The summed E-state index contributed by atoms with van der Waals surface area (Å²) in [6.45, 7) is 0. The number of rotatable bonds is 6. The van der Waals surface area contributed by atoms with Crippen molar-refractivity contribution in [2.24, 2.45) is 0 Å². The predicted molar refractivity (Wildman–Crippen MR) is 251 cm³/mol. The third kappa shape index (κ3) is 5.31. The number of fused-ring (bicyclic) bond motifs is 10. The van der Waals surface area contributed by atoms with E-state index in [1.165, 1.54) is 33.4 Å². The van der Waals surface area contributed by atoms with Crippen molar-refractivity contribution in [3.05, 3.63) is 229 Å². The van der Waals surface area contributed by atoms with Gasteiger partial charge in [-0.15, -0.1) is 0 Å². The molecule has 0 saturated heterocycles. The Bertz CT molecular complexity index is 3690. The average molecular weight is 807 g/mol. The van der Waals surface area contributed by atoms with Crippen molar-refractivity contribution in [3.8, 4) is 56.7 Å². The molecule has 3 heterocycles. The quantitative estimate of drug-likeness (QED) is 0.167. The van der Waals surface area contributed by atoms with Crippen LogP contribution >= 0.6 is 0 Å². The van der Waals surface area contributed by atoms with Crippen LogP contribution in [0.15, 0.2) is 215 Å². The first-order chi connectivity index (χ1) is 31.2. The molecule has 63 heavy (non-hydrogen) atoms. The fraction of sp³-hybridized carbons (Fsp3) is 0.0175. The van der Waals surface area contributed by atoms with Crippen molar-refractivity contribution in [3.63, 3.8) is 0 Å². The Kier molecular flexibility index (Phi) is 7.72. The summed E-state index contributed by atoms with van der Waals surface area (Å²) in [5, 5.41) is 3.88. The van der Waals surface area contributed by atoms with E-state index in [4.69, 9.17) is 28.8 Å². The van der Waals surface area contributed by atoms with Crippen molar-refractivity contribution in [2.45, 2.75) is 5.41 Å². The molecule has 0 radical (unpaired) electrons. The van der Waals surface area contributed by atoms with Gasteiger partial charge in [0, 0.05) is 27.6 Å². The second-order valence-electron chi connectivity index (χ2n) is 16.1. The molecule has 1 aliphatic rings. The first-order valence-corrected chi connectivity index (χ1v) is 21.1. The van der Waals surface area contributed by atoms with Gasteiger partial charge in [-0.05, 0) is 86.6 Å². The van der Waals surface area contributed by atoms with Crippen LogP contribution in [0.2, 0.25) is 0 Å². The van der Waals surface area contributed by atoms with Crippen molar-refractivity contribution >= 4 is 43.8 Å². The molecule has 0 aliphatic heterocycles. The van der Waals surface area contributed by atoms with Crippen molar-refractivity contribution < 1.29 is 8.83 Å². The fourth-order valence-electron chi connectivity index (χ4n) is 9.93. The van der Waals surface area contributed by atoms with E-state index in [0.717, 1.165) is 60.5 Å². The second-order valence-corrected chi connectivity index (χ2v) is 16.1. The van der Waals surface area contributed by atoms with Gasteiger partial charge in [-0.2, -0.15) is 0 Å². The van der Waals surface area contributed by atoms with Gasteiger partial charge in [-0.1, -0.05) is 164 Å². The van der Waals surface area contributed by atoms with Gasteiger partial charge in [-0.25, -0.2) is 19.9 Å². The molecule has 6 heteroatoms. The van der Waals surface area contributed by atoms with E-state index in [1.807, 2.05) is 66.7 Å². The first-order valence-electron chi connectivity index (χ1n) is 21.1. The van der Waals surface area contributed by atoms with Crippen molar-refractivity contribution in [1.82, 2.24) is 19.9 Å². The molecule has 13 rings (SSSR count). The summed E-state index contributed by atoms with van der Waals surface area (Å²) in [5.41, 5.74) is 13.3. The molecule has 0 N–H and O–H groups in total. The molecule has 294 valence electrons. The SMILES string of the molecule is c1ccc(-c2nc(-c3ccc4c(c3)C(c3ccccc3)(c3ccccc3)c3ccccc3-4)nc(-c3cccc4c3ccc3oc5ccc6oc(-c7ccccc7)nc6c5c34)n2)cc1. The highest BCUT2D eigenvalue weighted by atomic mass is 16.4. The minimum atomic E-state index is -0.561. The molecule has 0 spiro atoms. The lowest BCUT2D eigenvalue weighted by molar-refractivity contribution is 0.619. The number of hydrogen-bond donors (Lipinski definition) is 0. The summed E-state index contributed by atoms with van der Waals surface area (Å²) in [5.74, 6) is 2.34. The number of furan rings is 1. The Hall–Kier alpha value is -8.48. The fourth-order valence-corrected chi connectivity index (χ4v) is 9.93. The molecule has 0 unspecified atom stereocenters. The number of oxazole rings is 1. The Morgan fingerprint density at radius 1 is 0.333 bits per heavy atom. The molecule has 1 aliphatic carbocycles. The summed E-state index contributed by atoms with van der Waals surface area (Å²) >= 11 is 0. The highest BCUT2D eigenvalue weighted by molar-refractivity contribution is 6.26. The van der Waals surface area contributed by atoms with E-state index in [9.17, 15) is 0 Å². The number of benzene rings is 9. The molecule has 9 aromatic carbocycles. The normalized spacial score (nSPS) is 12.9. The van der Waals surface area contributed by atoms with Crippen LogP contribution < -0.4 is 0 Å². The van der Waals surface area contributed by atoms with Crippen LogP contribution in [0.4, 0.5) is 0 Å². The number of aromatic nitrogens is 4. The molecule has 0 saturated carbocycles. The largest absolute Gasteiger partial charge is 0.456 e. The smallest absolute Gasteiger partial charge is 0.227 e. The lowest BCUT2D eigenvalue weighted by atomic mass is 9.67. The average Bonchev–Trinajstić information content (AvgIpc) is 4.06. The lowest BCUT2D eigenvalue weighted by Crippen LogP contribution is -2.28. The second kappa shape index (κ2) is 13.8. The monoisotopic (exact) mass is 806 g/mol. The van der Waals surface area contributed by atoms with Crippen molar-refractivity contribution in [1.29, 1.82) is 0 Å². The molecule has 0 bridgehead atoms. The number of nitrogens with zero attached hydrogens (tertiary/aromatic N) is 4. The van der Waals surface area contributed by atoms with Gasteiger partial charge in [0.25, 0.3) is 0 Å². The summed E-state index contributed by atoms with van der Waals surface area (Å²) in [6.07, 6.45) is 0. The first kappa shape index (κ1) is 35.3. The Morgan fingerprint density at radius 2 is 0.905 bits per heavy atom. The maximum absolute atomic E-state index is 6.50. The molecule has 3 aromatic heterocycles. The molecular formula is C57H34N4O2. The maximum atomic E-state index is 6.50. The zero-order chi connectivity index (χ0) is 41.5. The summed E-state index contributed by atoms with van der Waals surface area (Å²) in [4.78, 5) is 20.9. The van der Waals surface area contributed by atoms with Crippen LogP contribution in [0.25, 0.3) is 101 Å². The van der Waals surface area contributed by atoms with E-state index < -0.39 is 5.41 Å². The Labute approximate surface area is 361 Å². The minimum absolute atomic E-state index is 0.561. The molecular weight excluding hydrogens is 773 g/mol. The molecule has 0 amide bonds. The summed E-state index contributed by atoms with van der Waals surface area (Å²) in [6, 6.07) is 71.7. The number of hydrogen-bond acceptors (Lipinski definition) is 6. The highest BCUT2D eigenvalue weighted by Gasteiger charge is 2.46. The lowest BCUT2D eigenvalue weighted by Gasteiger charge is -2.34. The third-order valence-electron chi connectivity index (χ3n) is 12.7. The molecule has 0 atom stereocenters. The maximum Gasteiger partial charge on any atom is 0.227 e. The molecule has 0 fully saturated rings. The van der Waals surface area contributed by atoms with E-state index in [0.29, 0.717) is 28.9 Å². The topological polar surface area (TPSA) is 77.8 Å². The van der Waals surface area contributed by atoms with Gasteiger partial charge in [-0.3, -0.25) is 0 Å². The van der Waals surface area contributed by atoms with Gasteiger partial charge in [0.1, 0.15) is 16.7 Å². The molecule has 12 aromatic rings.